The minimum atomic E-state index is -3.85. The van der Waals surface area contributed by atoms with Gasteiger partial charge in [-0.3, -0.25) is 0 Å². The molecule has 10 nitrogen and oxygen atoms in total. The number of aromatic nitrogens is 1. The standard InChI is InChI=1S/C15H12N2O3S.C3H6.2CH3NOS.CH4.H2O/c16-21(18,19)13-9-5-4-8-12(13)15-14(17-10-20-15)11-6-2-1-3-7-11;1-3-2;2*2-1(3)4;;/h1-10H,(H2,16,18,19);3H,1H2,2H3;2*(H3,2,3,4);1H4;1H2. The van der Waals surface area contributed by atoms with E-state index in [1.54, 1.807) is 24.3 Å². The highest BCUT2D eigenvalue weighted by atomic mass is 32.2. The van der Waals surface area contributed by atoms with Crippen LogP contribution >= 0.6 is 24.4 Å². The van der Waals surface area contributed by atoms with Crippen molar-refractivity contribution in [3.8, 4) is 22.6 Å². The molecule has 0 atom stereocenters. The molecule has 0 spiro atoms. The predicted molar refractivity (Wildman–Crippen MR) is 144 cm³/mol. The maximum absolute atomic E-state index is 11.7. The molecule has 1 aromatic heterocycles. The Labute approximate surface area is 210 Å². The molecule has 0 aliphatic rings. The topological polar surface area (TPSA) is 210 Å². The molecule has 34 heavy (non-hydrogen) atoms. The largest absolute Gasteiger partial charge is 0.487 e. The van der Waals surface area contributed by atoms with E-state index in [0.29, 0.717) is 17.0 Å². The number of sulfonamides is 1. The Balaban J connectivity index is -0.000000630. The van der Waals surface area contributed by atoms with Gasteiger partial charge in [0.15, 0.2) is 12.2 Å². The first-order valence-corrected chi connectivity index (χ1v) is 11.0. The van der Waals surface area contributed by atoms with Crippen LogP contribution in [-0.2, 0) is 10.0 Å². The van der Waals surface area contributed by atoms with Gasteiger partial charge in [0.25, 0.3) is 10.3 Å². The number of aliphatic hydroxyl groups excluding tert-OH is 2. The molecule has 3 aromatic rings. The molecule has 0 bridgehead atoms. The van der Waals surface area contributed by atoms with Crippen molar-refractivity contribution in [2.45, 2.75) is 19.2 Å². The van der Waals surface area contributed by atoms with Gasteiger partial charge < -0.3 is 31.6 Å². The molecule has 0 amide bonds. The smallest absolute Gasteiger partial charge is 0.251 e. The molecular formula is C21H30N4O6S3. The Bertz CT molecular complexity index is 1100. The Hall–Kier alpha value is -3.36. The maximum Gasteiger partial charge on any atom is 0.251 e. The summed E-state index contributed by atoms with van der Waals surface area (Å²) in [7, 11) is -3.85. The number of oxazole rings is 1. The molecule has 3 rings (SSSR count). The van der Waals surface area contributed by atoms with Crippen molar-refractivity contribution in [2.24, 2.45) is 16.6 Å². The van der Waals surface area contributed by atoms with Crippen molar-refractivity contribution in [2.75, 3.05) is 0 Å². The van der Waals surface area contributed by atoms with E-state index in [2.05, 4.69) is 47.5 Å². The molecule has 10 N–H and O–H groups in total. The van der Waals surface area contributed by atoms with Gasteiger partial charge in [-0.15, -0.1) is 6.58 Å². The van der Waals surface area contributed by atoms with Crippen LogP contribution < -0.4 is 16.6 Å². The van der Waals surface area contributed by atoms with Crippen molar-refractivity contribution >= 4 is 44.8 Å². The zero-order valence-electron chi connectivity index (χ0n) is 17.6. The molecule has 13 heteroatoms. The van der Waals surface area contributed by atoms with Gasteiger partial charge in [-0.1, -0.05) is 56.0 Å². The molecule has 0 aliphatic carbocycles. The van der Waals surface area contributed by atoms with Crippen LogP contribution in [0.25, 0.3) is 22.6 Å². The lowest BCUT2D eigenvalue weighted by atomic mass is 10.1. The van der Waals surface area contributed by atoms with Gasteiger partial charge in [-0.05, 0) is 43.5 Å². The predicted octanol–water partition coefficient (Wildman–Crippen LogP) is 3.24. The lowest BCUT2D eigenvalue weighted by molar-refractivity contribution is 0.559. The van der Waals surface area contributed by atoms with Gasteiger partial charge in [0, 0.05) is 11.1 Å². The summed E-state index contributed by atoms with van der Waals surface area (Å²) in [5.41, 5.74) is 10.6. The summed E-state index contributed by atoms with van der Waals surface area (Å²) in [6.07, 6.45) is 3.04. The summed E-state index contributed by atoms with van der Waals surface area (Å²) < 4.78 is 28.8. The Morgan fingerprint density at radius 2 is 1.44 bits per heavy atom. The molecular weight excluding hydrogens is 500 g/mol. The van der Waals surface area contributed by atoms with E-state index in [1.807, 2.05) is 37.3 Å². The summed E-state index contributed by atoms with van der Waals surface area (Å²) in [6.45, 7) is 5.25. The van der Waals surface area contributed by atoms with Crippen LogP contribution in [0.3, 0.4) is 0 Å². The summed E-state index contributed by atoms with van der Waals surface area (Å²) in [5, 5.41) is 19.4. The maximum atomic E-state index is 11.7. The normalized spacial score (nSPS) is 8.88. The van der Waals surface area contributed by atoms with Crippen LogP contribution in [0.2, 0.25) is 0 Å². The van der Waals surface area contributed by atoms with Crippen molar-refractivity contribution in [3.63, 3.8) is 0 Å². The van der Waals surface area contributed by atoms with Crippen molar-refractivity contribution < 1.29 is 28.5 Å². The van der Waals surface area contributed by atoms with E-state index in [-0.39, 0.29) is 17.8 Å². The van der Waals surface area contributed by atoms with E-state index in [0.717, 1.165) is 5.56 Å². The van der Waals surface area contributed by atoms with Crippen LogP contribution in [0.1, 0.15) is 14.4 Å². The van der Waals surface area contributed by atoms with Crippen molar-refractivity contribution in [3.05, 3.63) is 73.6 Å². The molecule has 1 heterocycles. The molecule has 2 aromatic carbocycles. The third-order valence-electron chi connectivity index (χ3n) is 3.05. The van der Waals surface area contributed by atoms with Gasteiger partial charge in [-0.2, -0.15) is 0 Å². The minimum Gasteiger partial charge on any atom is -0.487 e. The molecule has 0 fully saturated rings. The van der Waals surface area contributed by atoms with Gasteiger partial charge in [-0.25, -0.2) is 18.5 Å². The number of thiocarbonyl (C=S) groups is 2. The Kier molecular flexibility index (Phi) is 18.8. The third kappa shape index (κ3) is 13.9. The monoisotopic (exact) mass is 530 g/mol. The van der Waals surface area contributed by atoms with E-state index in [9.17, 15) is 8.42 Å². The molecule has 0 unspecified atom stereocenters. The zero-order valence-corrected chi connectivity index (χ0v) is 20.0. The number of hydrogen-bond acceptors (Lipinski definition) is 6. The number of benzene rings is 2. The highest BCUT2D eigenvalue weighted by molar-refractivity contribution is 7.89. The third-order valence-corrected chi connectivity index (χ3v) is 4.02. The van der Waals surface area contributed by atoms with E-state index < -0.39 is 20.4 Å². The van der Waals surface area contributed by atoms with Crippen LogP contribution in [0.15, 0.2) is 83.0 Å². The summed E-state index contributed by atoms with van der Waals surface area (Å²) in [4.78, 5) is 4.20. The van der Waals surface area contributed by atoms with Crippen molar-refractivity contribution in [1.82, 2.24) is 4.98 Å². The second-order valence-electron chi connectivity index (χ2n) is 5.52. The van der Waals surface area contributed by atoms with Crippen LogP contribution in [0, 0.1) is 0 Å². The van der Waals surface area contributed by atoms with Crippen molar-refractivity contribution in [1.29, 1.82) is 0 Å². The van der Waals surface area contributed by atoms with Crippen LogP contribution in [-0.4, -0.2) is 39.4 Å². The fourth-order valence-corrected chi connectivity index (χ4v) is 2.88. The Morgan fingerprint density at radius 1 is 1.03 bits per heavy atom. The first kappa shape index (κ1) is 35.2. The number of rotatable bonds is 3. The van der Waals surface area contributed by atoms with Crippen LogP contribution in [0.4, 0.5) is 0 Å². The molecule has 0 radical (unpaired) electrons. The second kappa shape index (κ2) is 18.1. The summed E-state index contributed by atoms with van der Waals surface area (Å²) in [5.74, 6) is 0.380. The number of allylic oxidation sites excluding steroid dienone is 1. The highest BCUT2D eigenvalue weighted by Gasteiger charge is 2.20. The quantitative estimate of drug-likeness (QED) is 0.246. The van der Waals surface area contributed by atoms with E-state index >= 15 is 0 Å². The van der Waals surface area contributed by atoms with Gasteiger partial charge in [0.2, 0.25) is 10.0 Å². The second-order valence-corrected chi connectivity index (χ2v) is 7.89. The average Bonchev–Trinajstić information content (AvgIpc) is 3.17. The molecule has 0 saturated heterocycles. The number of nitrogens with two attached hydrogens (primary N) is 3. The van der Waals surface area contributed by atoms with Gasteiger partial charge >= 0.3 is 0 Å². The number of nitrogens with zero attached hydrogens (tertiary/aromatic N) is 1. The minimum absolute atomic E-state index is 0. The fourth-order valence-electron chi connectivity index (χ4n) is 2.14. The van der Waals surface area contributed by atoms with Crippen LogP contribution in [0.5, 0.6) is 0 Å². The zero-order chi connectivity index (χ0) is 24.7. The SMILES string of the molecule is C.C=CC.NC(O)=S.NC(O)=S.NS(=O)(=O)c1ccccc1-c1ocnc1-c1ccccc1.O. The molecule has 0 saturated carbocycles. The average molecular weight is 531 g/mol. The molecule has 188 valence electrons. The first-order valence-electron chi connectivity index (χ1n) is 8.60. The van der Waals surface area contributed by atoms with Gasteiger partial charge in [0.1, 0.15) is 5.69 Å². The number of hydrogen-bond donors (Lipinski definition) is 5. The fraction of sp³-hybridized carbons (Fsp3) is 0.0952. The summed E-state index contributed by atoms with van der Waals surface area (Å²) in [6, 6.07) is 15.8. The first-order chi connectivity index (χ1) is 14.9. The van der Waals surface area contributed by atoms with E-state index in [4.69, 9.17) is 19.8 Å². The lowest BCUT2D eigenvalue weighted by Crippen LogP contribution is -2.13. The number of aliphatic hydroxyl groups is 2. The highest BCUT2D eigenvalue weighted by Crippen LogP contribution is 2.34. The summed E-state index contributed by atoms with van der Waals surface area (Å²) >= 11 is 7.74. The lowest BCUT2D eigenvalue weighted by Gasteiger charge is -2.06. The molecule has 0 aliphatic heterocycles. The van der Waals surface area contributed by atoms with Gasteiger partial charge in [0.05, 0.1) is 4.90 Å². The van der Waals surface area contributed by atoms with E-state index in [1.165, 1.54) is 12.5 Å². The number of primary sulfonamides is 1. The Morgan fingerprint density at radius 3 is 1.88 bits per heavy atom.